The molecule has 0 saturated heterocycles. The molecule has 0 unspecified atom stereocenters. The Labute approximate surface area is 110 Å². The molecule has 0 aromatic heterocycles. The molecule has 1 aromatic carbocycles. The van der Waals surface area contributed by atoms with Crippen LogP contribution in [0.3, 0.4) is 0 Å². The normalized spacial score (nSPS) is 23.9. The third-order valence-electron chi connectivity index (χ3n) is 3.14. The van der Waals surface area contributed by atoms with Crippen molar-refractivity contribution in [3.8, 4) is 6.11 Å². The van der Waals surface area contributed by atoms with E-state index < -0.39 is 0 Å². The summed E-state index contributed by atoms with van der Waals surface area (Å²) >= 11 is 0. The monoisotopic (exact) mass is 206 g/mol. The maximum Gasteiger partial charge on any atom is 1.00 e. The van der Waals surface area contributed by atoms with E-state index in [0.29, 0.717) is 5.92 Å². The van der Waals surface area contributed by atoms with Crippen molar-refractivity contribution >= 4 is 0 Å². The zero-order chi connectivity index (χ0) is 10.5. The van der Waals surface area contributed by atoms with E-state index in [2.05, 4.69) is 30.4 Å². The predicted molar refractivity (Wildman–Crippen MR) is 59.7 cm³/mol. The van der Waals surface area contributed by atoms with Gasteiger partial charge in [-0.3, -0.25) is 0 Å². The van der Waals surface area contributed by atoms with Crippen LogP contribution in [0.15, 0.2) is 30.3 Å². The zero-order valence-corrected chi connectivity index (χ0v) is 9.78. The summed E-state index contributed by atoms with van der Waals surface area (Å²) in [6, 6.07) is 10.5. The number of hydrogen-bond donors (Lipinski definition) is 0. The van der Waals surface area contributed by atoms with Gasteiger partial charge in [0.2, 0.25) is 0 Å². The molecule has 78 valence electrons. The number of rotatable bonds is 2. The third-order valence-corrected chi connectivity index (χ3v) is 3.14. The fraction of sp³-hybridized carbons (Fsp3) is 0.429. The average Bonchev–Trinajstić information content (AvgIpc) is 2.31. The van der Waals surface area contributed by atoms with Crippen LogP contribution in [0.5, 0.6) is 0 Å². The van der Waals surface area contributed by atoms with Crippen molar-refractivity contribution in [1.82, 2.24) is 0 Å². The van der Waals surface area contributed by atoms with E-state index in [9.17, 15) is 0 Å². The van der Waals surface area contributed by atoms with Gasteiger partial charge in [-0.15, -0.1) is 6.11 Å². The Balaban J connectivity index is 0.00000128. The van der Waals surface area contributed by atoms with Crippen LogP contribution in [-0.2, 0) is 4.74 Å². The second-order valence-corrected chi connectivity index (χ2v) is 4.06. The fourth-order valence-corrected chi connectivity index (χ4v) is 2.40. The Kier molecular flexibility index (Phi) is 5.54. The molecule has 0 N–H and O–H groups in total. The van der Waals surface area contributed by atoms with Crippen molar-refractivity contribution in [2.24, 2.45) is 0 Å². The van der Waals surface area contributed by atoms with Crippen LogP contribution in [0.2, 0.25) is 0 Å². The topological polar surface area (TPSA) is 9.23 Å². The SMILES string of the molecule is [C-]#CO[C@@H]1CCCC[C@H]1c1ccccc1.[Li+]. The summed E-state index contributed by atoms with van der Waals surface area (Å²) in [5.74, 6) is 0.442. The van der Waals surface area contributed by atoms with Gasteiger partial charge in [0.15, 0.2) is 0 Å². The Morgan fingerprint density at radius 2 is 1.81 bits per heavy atom. The maximum atomic E-state index is 6.92. The van der Waals surface area contributed by atoms with Crippen molar-refractivity contribution < 1.29 is 23.6 Å². The van der Waals surface area contributed by atoms with Crippen molar-refractivity contribution in [2.45, 2.75) is 37.7 Å². The number of benzene rings is 1. The number of ether oxygens (including phenoxy) is 1. The first kappa shape index (κ1) is 13.2. The molecule has 1 nitrogen and oxygen atoms in total. The van der Waals surface area contributed by atoms with Crippen LogP contribution in [0.4, 0.5) is 0 Å². The Morgan fingerprint density at radius 1 is 1.12 bits per heavy atom. The van der Waals surface area contributed by atoms with Crippen LogP contribution in [0, 0.1) is 12.5 Å². The van der Waals surface area contributed by atoms with E-state index in [4.69, 9.17) is 11.2 Å². The first-order chi connectivity index (χ1) is 7.42. The molecule has 2 heteroatoms. The Bertz CT molecular complexity index is 342. The molecule has 0 bridgehead atoms. The van der Waals surface area contributed by atoms with Crippen molar-refractivity contribution in [2.75, 3.05) is 0 Å². The third kappa shape index (κ3) is 3.08. The van der Waals surface area contributed by atoms with E-state index in [1.54, 1.807) is 0 Å². The van der Waals surface area contributed by atoms with E-state index in [-0.39, 0.29) is 25.0 Å². The van der Waals surface area contributed by atoms with Gasteiger partial charge in [-0.2, -0.15) is 0 Å². The first-order valence-corrected chi connectivity index (χ1v) is 5.54. The van der Waals surface area contributed by atoms with Gasteiger partial charge >= 0.3 is 18.9 Å². The molecule has 0 aliphatic heterocycles. The molecule has 2 rings (SSSR count). The van der Waals surface area contributed by atoms with E-state index in [1.807, 2.05) is 6.07 Å². The molecule has 0 amide bonds. The second kappa shape index (κ2) is 6.69. The molecule has 1 saturated carbocycles. The quantitative estimate of drug-likeness (QED) is 0.384. The predicted octanol–water partition coefficient (Wildman–Crippen LogP) is 0.281. The minimum absolute atomic E-state index is 0. The molecule has 1 fully saturated rings. The van der Waals surface area contributed by atoms with Crippen molar-refractivity contribution in [3.63, 3.8) is 0 Å². The zero-order valence-electron chi connectivity index (χ0n) is 9.78. The summed E-state index contributed by atoms with van der Waals surface area (Å²) in [5, 5.41) is 0. The largest absolute Gasteiger partial charge is 1.00 e. The van der Waals surface area contributed by atoms with Crippen molar-refractivity contribution in [3.05, 3.63) is 42.3 Å². The summed E-state index contributed by atoms with van der Waals surface area (Å²) in [6.07, 6.45) is 13.8. The molecule has 0 heterocycles. The minimum atomic E-state index is 0. The Morgan fingerprint density at radius 3 is 2.50 bits per heavy atom. The molecule has 16 heavy (non-hydrogen) atoms. The van der Waals surface area contributed by atoms with E-state index in [1.165, 1.54) is 18.4 Å². The standard InChI is InChI=1S/C14H15O.Li/c1-2-15-14-11-7-6-10-13(14)12-8-4-3-5-9-12;/h3-5,8-9,13-14H,6-7,10-11H2;/q-1;+1/t13-,14+;/m0./s1. The first-order valence-electron chi connectivity index (χ1n) is 5.54. The van der Waals surface area contributed by atoms with Crippen LogP contribution < -0.4 is 18.9 Å². The summed E-state index contributed by atoms with van der Waals surface area (Å²) in [6.45, 7) is 0. The van der Waals surface area contributed by atoms with Gasteiger partial charge in [0, 0.05) is 5.92 Å². The van der Waals surface area contributed by atoms with Crippen LogP contribution in [-0.4, -0.2) is 6.10 Å². The summed E-state index contributed by atoms with van der Waals surface area (Å²) in [4.78, 5) is 0. The minimum Gasteiger partial charge on any atom is -0.648 e. The summed E-state index contributed by atoms with van der Waals surface area (Å²) < 4.78 is 5.27. The molecule has 1 aromatic rings. The van der Waals surface area contributed by atoms with Crippen LogP contribution >= 0.6 is 0 Å². The van der Waals surface area contributed by atoms with Gasteiger partial charge in [-0.05, 0) is 24.8 Å². The summed E-state index contributed by atoms with van der Waals surface area (Å²) in [7, 11) is 0. The van der Waals surface area contributed by atoms with Gasteiger partial charge in [0.05, 0.1) is 0 Å². The molecular weight excluding hydrogens is 191 g/mol. The van der Waals surface area contributed by atoms with Gasteiger partial charge in [-0.25, -0.2) is 0 Å². The molecular formula is C14H15LiO. The molecule has 0 radical (unpaired) electrons. The smallest absolute Gasteiger partial charge is 0.648 e. The van der Waals surface area contributed by atoms with E-state index >= 15 is 0 Å². The summed E-state index contributed by atoms with van der Waals surface area (Å²) in [5.41, 5.74) is 1.33. The van der Waals surface area contributed by atoms with Gasteiger partial charge in [0.1, 0.15) is 6.10 Å². The maximum absolute atomic E-state index is 6.92. The fourth-order valence-electron chi connectivity index (χ4n) is 2.40. The average molecular weight is 206 g/mol. The Hall–Kier alpha value is -0.823. The second-order valence-electron chi connectivity index (χ2n) is 4.06. The van der Waals surface area contributed by atoms with Gasteiger partial charge in [-0.1, -0.05) is 36.8 Å². The molecule has 0 spiro atoms. The van der Waals surface area contributed by atoms with E-state index in [0.717, 1.165) is 12.8 Å². The molecule has 1 aliphatic rings. The van der Waals surface area contributed by atoms with Crippen LogP contribution in [0.1, 0.15) is 37.2 Å². The van der Waals surface area contributed by atoms with Crippen molar-refractivity contribution in [1.29, 1.82) is 0 Å². The van der Waals surface area contributed by atoms with Gasteiger partial charge in [0.25, 0.3) is 0 Å². The molecule has 1 aliphatic carbocycles. The van der Waals surface area contributed by atoms with Gasteiger partial charge < -0.3 is 11.2 Å². The number of hydrogen-bond acceptors (Lipinski definition) is 1. The molecule has 2 atom stereocenters. The van der Waals surface area contributed by atoms with Crippen LogP contribution in [0.25, 0.3) is 0 Å².